The van der Waals surface area contributed by atoms with E-state index < -0.39 is 5.31 Å². The van der Waals surface area contributed by atoms with Crippen molar-refractivity contribution in [1.82, 2.24) is 0 Å². The molecule has 0 amide bonds. The van der Waals surface area contributed by atoms with Gasteiger partial charge >= 0.3 is 145 Å². The number of halogens is 2. The van der Waals surface area contributed by atoms with E-state index in [1.165, 1.54) is 0 Å². The SMILES string of the molecule is Nc1cccc(P(Cl)(Cl)(c2ccccc2)c2cccc(N)c2)c1. The van der Waals surface area contributed by atoms with Gasteiger partial charge in [-0.3, -0.25) is 0 Å². The van der Waals surface area contributed by atoms with Crippen molar-refractivity contribution in [3.05, 3.63) is 78.9 Å². The normalized spacial score (nSPS) is 13.2. The Morgan fingerprint density at radius 3 is 1.43 bits per heavy atom. The van der Waals surface area contributed by atoms with Crippen LogP contribution in [0.1, 0.15) is 0 Å². The molecule has 0 aromatic heterocycles. The molecule has 0 bridgehead atoms. The van der Waals surface area contributed by atoms with Crippen molar-refractivity contribution in [2.45, 2.75) is 0 Å². The van der Waals surface area contributed by atoms with Crippen molar-refractivity contribution in [2.24, 2.45) is 0 Å². The van der Waals surface area contributed by atoms with Crippen LogP contribution in [0.3, 0.4) is 0 Å². The molecule has 0 heterocycles. The van der Waals surface area contributed by atoms with Gasteiger partial charge in [0.1, 0.15) is 0 Å². The van der Waals surface area contributed by atoms with E-state index in [2.05, 4.69) is 0 Å². The van der Waals surface area contributed by atoms with Crippen LogP contribution in [0.2, 0.25) is 0 Å². The molecule has 3 rings (SSSR count). The first-order valence-corrected chi connectivity index (χ1v) is 11.2. The molecule has 3 aromatic carbocycles. The first-order chi connectivity index (χ1) is 10.9. The Morgan fingerprint density at radius 1 is 0.565 bits per heavy atom. The fraction of sp³-hybridized carbons (Fsp3) is 0. The van der Waals surface area contributed by atoms with E-state index in [0.717, 1.165) is 15.9 Å². The standard InChI is InChI=1S/C18H17Cl2N2P/c19-23(20,16-8-2-1-3-9-16,17-10-4-6-14(21)12-17)18-11-5-7-15(22)13-18/h1-13H,21-22H2. The Morgan fingerprint density at radius 2 is 1.00 bits per heavy atom. The second-order valence-electron chi connectivity index (χ2n) is 5.43. The maximum absolute atomic E-state index is 7.30. The van der Waals surface area contributed by atoms with Crippen LogP contribution in [-0.4, -0.2) is 0 Å². The van der Waals surface area contributed by atoms with Gasteiger partial charge in [-0.05, 0) is 0 Å². The predicted molar refractivity (Wildman–Crippen MR) is 106 cm³/mol. The van der Waals surface area contributed by atoms with E-state index >= 15 is 0 Å². The molecule has 3 aromatic rings. The van der Waals surface area contributed by atoms with Gasteiger partial charge < -0.3 is 0 Å². The van der Waals surface area contributed by atoms with Crippen LogP contribution in [0.25, 0.3) is 0 Å². The molecule has 0 saturated carbocycles. The molecule has 0 spiro atoms. The van der Waals surface area contributed by atoms with Crippen molar-refractivity contribution in [2.75, 3.05) is 11.5 Å². The van der Waals surface area contributed by atoms with Gasteiger partial charge in [-0.15, -0.1) is 0 Å². The van der Waals surface area contributed by atoms with Crippen LogP contribution in [0.15, 0.2) is 78.9 Å². The van der Waals surface area contributed by atoms with Gasteiger partial charge in [0.2, 0.25) is 0 Å². The summed E-state index contributed by atoms with van der Waals surface area (Å²) < 4.78 is 0. The van der Waals surface area contributed by atoms with Gasteiger partial charge in [0.15, 0.2) is 0 Å². The average Bonchev–Trinajstić information content (AvgIpc) is 2.56. The van der Waals surface area contributed by atoms with Gasteiger partial charge in [-0.1, -0.05) is 0 Å². The summed E-state index contributed by atoms with van der Waals surface area (Å²) in [5.74, 6) is 0. The Bertz CT molecular complexity index is 801. The number of nitrogens with two attached hydrogens (primary N) is 2. The second kappa shape index (κ2) is 5.72. The predicted octanol–water partition coefficient (Wildman–Crippen LogP) is 3.99. The fourth-order valence-electron chi connectivity index (χ4n) is 2.68. The molecule has 118 valence electrons. The molecule has 0 unspecified atom stereocenters. The molecular weight excluding hydrogens is 346 g/mol. The topological polar surface area (TPSA) is 52.0 Å². The van der Waals surface area contributed by atoms with Crippen molar-refractivity contribution < 1.29 is 0 Å². The zero-order valence-corrected chi connectivity index (χ0v) is 14.8. The third kappa shape index (κ3) is 2.68. The zero-order valence-electron chi connectivity index (χ0n) is 12.4. The van der Waals surface area contributed by atoms with Crippen molar-refractivity contribution in [1.29, 1.82) is 0 Å². The zero-order chi connectivity index (χ0) is 16.5. The van der Waals surface area contributed by atoms with E-state index in [1.807, 2.05) is 78.9 Å². The average molecular weight is 363 g/mol. The Hall–Kier alpha value is -1.73. The number of benzene rings is 3. The molecule has 0 saturated heterocycles. The van der Waals surface area contributed by atoms with Crippen molar-refractivity contribution >= 4 is 55.1 Å². The summed E-state index contributed by atoms with van der Waals surface area (Å²) >= 11 is 14.6. The van der Waals surface area contributed by atoms with Gasteiger partial charge in [0.05, 0.1) is 0 Å². The molecule has 2 nitrogen and oxygen atoms in total. The Kier molecular flexibility index (Phi) is 4.01. The number of hydrogen-bond donors (Lipinski definition) is 2. The fourth-order valence-corrected chi connectivity index (χ4v) is 7.65. The number of nitrogen functional groups attached to an aromatic ring is 2. The first-order valence-electron chi connectivity index (χ1n) is 7.14. The molecule has 0 aliphatic rings. The van der Waals surface area contributed by atoms with E-state index in [9.17, 15) is 0 Å². The van der Waals surface area contributed by atoms with Crippen LogP contribution >= 0.6 is 27.8 Å². The molecule has 0 atom stereocenters. The summed E-state index contributed by atoms with van der Waals surface area (Å²) in [4.78, 5) is 0. The quantitative estimate of drug-likeness (QED) is 0.546. The van der Waals surface area contributed by atoms with Crippen LogP contribution < -0.4 is 27.4 Å². The summed E-state index contributed by atoms with van der Waals surface area (Å²) in [5, 5.41) is -1.19. The van der Waals surface area contributed by atoms with E-state index in [4.69, 9.17) is 33.9 Å². The second-order valence-corrected chi connectivity index (χ2v) is 13.4. The summed E-state index contributed by atoms with van der Waals surface area (Å²) in [6.45, 7) is 0. The van der Waals surface area contributed by atoms with E-state index in [-0.39, 0.29) is 0 Å². The summed E-state index contributed by atoms with van der Waals surface area (Å²) in [6, 6.07) is 24.6. The molecule has 5 heteroatoms. The Labute approximate surface area is 145 Å². The summed E-state index contributed by atoms with van der Waals surface area (Å²) in [6.07, 6.45) is 0. The summed E-state index contributed by atoms with van der Waals surface area (Å²) in [5.41, 5.74) is 13.2. The van der Waals surface area contributed by atoms with Crippen molar-refractivity contribution in [3.63, 3.8) is 0 Å². The number of rotatable bonds is 3. The molecule has 0 radical (unpaired) electrons. The minimum absolute atomic E-state index is 0.623. The van der Waals surface area contributed by atoms with Crippen LogP contribution in [0, 0.1) is 0 Å². The third-order valence-electron chi connectivity index (χ3n) is 3.86. The third-order valence-corrected chi connectivity index (χ3v) is 10.9. The van der Waals surface area contributed by atoms with Gasteiger partial charge in [-0.25, -0.2) is 0 Å². The number of hydrogen-bond acceptors (Lipinski definition) is 2. The van der Waals surface area contributed by atoms with Gasteiger partial charge in [-0.2, -0.15) is 0 Å². The molecule has 4 N–H and O–H groups in total. The maximum atomic E-state index is 7.30. The van der Waals surface area contributed by atoms with Crippen LogP contribution in [0.4, 0.5) is 11.4 Å². The molecule has 0 aliphatic heterocycles. The van der Waals surface area contributed by atoms with Crippen LogP contribution in [0.5, 0.6) is 0 Å². The number of anilines is 2. The molecule has 23 heavy (non-hydrogen) atoms. The molecule has 0 aliphatic carbocycles. The monoisotopic (exact) mass is 362 g/mol. The summed E-state index contributed by atoms with van der Waals surface area (Å²) in [7, 11) is 0. The van der Waals surface area contributed by atoms with Crippen molar-refractivity contribution in [3.8, 4) is 0 Å². The minimum atomic E-state index is -3.66. The first kappa shape index (κ1) is 16.1. The molecule has 0 fully saturated rings. The molecular formula is C18H17Cl2N2P. The van der Waals surface area contributed by atoms with E-state index in [1.54, 1.807) is 0 Å². The van der Waals surface area contributed by atoms with Gasteiger partial charge in [0.25, 0.3) is 0 Å². The van der Waals surface area contributed by atoms with E-state index in [0.29, 0.717) is 11.4 Å². The van der Waals surface area contributed by atoms with Crippen LogP contribution in [-0.2, 0) is 0 Å². The Balaban J connectivity index is 2.39. The van der Waals surface area contributed by atoms with Gasteiger partial charge in [0, 0.05) is 0 Å².